The number of aromatic hydroxyl groups is 1. The normalized spacial score (nSPS) is 11.1. The van der Waals surface area contributed by atoms with Gasteiger partial charge in [0.05, 0.1) is 16.7 Å². The van der Waals surface area contributed by atoms with E-state index in [0.29, 0.717) is 34.1 Å². The highest BCUT2D eigenvalue weighted by molar-refractivity contribution is 9.10. The molecule has 3 aromatic rings. The van der Waals surface area contributed by atoms with Crippen molar-refractivity contribution in [3.63, 3.8) is 0 Å². The number of aromatic nitrogens is 2. The predicted octanol–water partition coefficient (Wildman–Crippen LogP) is 3.13. The Kier molecular flexibility index (Phi) is 4.77. The summed E-state index contributed by atoms with van der Waals surface area (Å²) in [6.45, 7) is 2.35. The summed E-state index contributed by atoms with van der Waals surface area (Å²) in [5.74, 6) is 0.295. The fourth-order valence-electron chi connectivity index (χ4n) is 2.22. The van der Waals surface area contributed by atoms with Crippen molar-refractivity contribution >= 4 is 38.6 Å². The fourth-order valence-corrected chi connectivity index (χ4v) is 3.53. The van der Waals surface area contributed by atoms with Gasteiger partial charge in [-0.3, -0.25) is 14.2 Å². The van der Waals surface area contributed by atoms with Crippen LogP contribution in [0.15, 0.2) is 54.2 Å². The SMILES string of the molecule is CCn1c(SCc2cc(=O)c(O)co2)nc2ccc(Br)cc2c1=O. The molecule has 0 aliphatic rings. The molecule has 0 atom stereocenters. The van der Waals surface area contributed by atoms with E-state index in [1.807, 2.05) is 13.0 Å². The standard InChI is InChI=1S/C16H13BrN2O4S/c1-2-19-15(22)11-5-9(17)3-4-12(11)18-16(19)24-8-10-6-13(20)14(21)7-23-10/h3-7,21H,2,8H2,1H3. The molecule has 0 bridgehead atoms. The zero-order chi connectivity index (χ0) is 17.3. The topological polar surface area (TPSA) is 85.3 Å². The summed E-state index contributed by atoms with van der Waals surface area (Å²) in [5, 5.41) is 10.3. The average molecular weight is 409 g/mol. The lowest BCUT2D eigenvalue weighted by Gasteiger charge is -2.11. The highest BCUT2D eigenvalue weighted by Crippen LogP contribution is 2.23. The first-order chi connectivity index (χ1) is 11.5. The van der Waals surface area contributed by atoms with Gasteiger partial charge in [0.1, 0.15) is 12.0 Å². The second kappa shape index (κ2) is 6.82. The van der Waals surface area contributed by atoms with Gasteiger partial charge < -0.3 is 9.52 Å². The van der Waals surface area contributed by atoms with Crippen molar-refractivity contribution in [1.82, 2.24) is 9.55 Å². The molecular weight excluding hydrogens is 396 g/mol. The number of hydrogen-bond donors (Lipinski definition) is 1. The molecule has 0 radical (unpaired) electrons. The van der Waals surface area contributed by atoms with Crippen molar-refractivity contribution in [3.05, 3.63) is 61.3 Å². The Labute approximate surface area is 149 Å². The van der Waals surface area contributed by atoms with Gasteiger partial charge in [0.2, 0.25) is 5.43 Å². The number of hydrogen-bond acceptors (Lipinski definition) is 6. The van der Waals surface area contributed by atoms with E-state index >= 15 is 0 Å². The first kappa shape index (κ1) is 16.8. The zero-order valence-electron chi connectivity index (χ0n) is 12.7. The summed E-state index contributed by atoms with van der Waals surface area (Å²) < 4.78 is 7.58. The maximum absolute atomic E-state index is 12.6. The van der Waals surface area contributed by atoms with Gasteiger partial charge in [-0.25, -0.2) is 4.98 Å². The quantitative estimate of drug-likeness (QED) is 0.527. The highest BCUT2D eigenvalue weighted by atomic mass is 79.9. The first-order valence-corrected chi connectivity index (χ1v) is 8.91. The van der Waals surface area contributed by atoms with Gasteiger partial charge in [-0.1, -0.05) is 27.7 Å². The summed E-state index contributed by atoms with van der Waals surface area (Å²) in [7, 11) is 0. The Balaban J connectivity index is 1.99. The van der Waals surface area contributed by atoms with Crippen LogP contribution in [0.4, 0.5) is 0 Å². The van der Waals surface area contributed by atoms with Crippen LogP contribution in [0.1, 0.15) is 12.7 Å². The van der Waals surface area contributed by atoms with Crippen LogP contribution in [0.5, 0.6) is 5.75 Å². The third kappa shape index (κ3) is 3.25. The van der Waals surface area contributed by atoms with Gasteiger partial charge in [0.25, 0.3) is 5.56 Å². The molecule has 0 aliphatic carbocycles. The van der Waals surface area contributed by atoms with E-state index in [2.05, 4.69) is 20.9 Å². The molecule has 124 valence electrons. The molecule has 0 unspecified atom stereocenters. The Hall–Kier alpha value is -2.06. The van der Waals surface area contributed by atoms with Crippen molar-refractivity contribution < 1.29 is 9.52 Å². The number of fused-ring (bicyclic) bond motifs is 1. The fraction of sp³-hybridized carbons (Fsp3) is 0.188. The number of nitrogens with zero attached hydrogens (tertiary/aromatic N) is 2. The van der Waals surface area contributed by atoms with E-state index in [-0.39, 0.29) is 5.56 Å². The molecule has 3 rings (SSSR count). The second-order valence-electron chi connectivity index (χ2n) is 4.99. The molecule has 8 heteroatoms. The van der Waals surface area contributed by atoms with E-state index in [1.54, 1.807) is 16.7 Å². The summed E-state index contributed by atoms with van der Waals surface area (Å²) in [6, 6.07) is 6.60. The Morgan fingerprint density at radius 1 is 1.33 bits per heavy atom. The van der Waals surface area contributed by atoms with Gasteiger partial charge in [0, 0.05) is 17.1 Å². The van der Waals surface area contributed by atoms with Crippen LogP contribution in [-0.2, 0) is 12.3 Å². The van der Waals surface area contributed by atoms with Crippen molar-refractivity contribution in [3.8, 4) is 5.75 Å². The summed E-state index contributed by atoms with van der Waals surface area (Å²) >= 11 is 4.66. The van der Waals surface area contributed by atoms with E-state index in [1.165, 1.54) is 17.8 Å². The smallest absolute Gasteiger partial charge is 0.262 e. The van der Waals surface area contributed by atoms with Gasteiger partial charge in [-0.05, 0) is 25.1 Å². The molecule has 0 saturated heterocycles. The maximum atomic E-state index is 12.6. The van der Waals surface area contributed by atoms with E-state index in [9.17, 15) is 14.7 Å². The van der Waals surface area contributed by atoms with Crippen LogP contribution in [0.25, 0.3) is 10.9 Å². The minimum atomic E-state index is -0.499. The molecular formula is C16H13BrN2O4S. The molecule has 0 saturated carbocycles. The molecule has 0 amide bonds. The highest BCUT2D eigenvalue weighted by Gasteiger charge is 2.12. The van der Waals surface area contributed by atoms with Crippen molar-refractivity contribution in [2.24, 2.45) is 0 Å². The largest absolute Gasteiger partial charge is 0.502 e. The number of benzene rings is 1. The molecule has 1 aromatic carbocycles. The lowest BCUT2D eigenvalue weighted by atomic mass is 10.2. The number of thioether (sulfide) groups is 1. The summed E-state index contributed by atoms with van der Waals surface area (Å²) in [6.07, 6.45) is 1.01. The minimum absolute atomic E-state index is 0.113. The molecule has 0 aliphatic heterocycles. The number of halogens is 1. The minimum Gasteiger partial charge on any atom is -0.502 e. The lowest BCUT2D eigenvalue weighted by Crippen LogP contribution is -2.22. The molecule has 2 aromatic heterocycles. The van der Waals surface area contributed by atoms with Gasteiger partial charge >= 0.3 is 0 Å². The van der Waals surface area contributed by atoms with Crippen molar-refractivity contribution in [2.75, 3.05) is 0 Å². The van der Waals surface area contributed by atoms with Crippen LogP contribution in [-0.4, -0.2) is 14.7 Å². The van der Waals surface area contributed by atoms with Crippen LogP contribution in [0.2, 0.25) is 0 Å². The molecule has 2 heterocycles. The summed E-state index contributed by atoms with van der Waals surface area (Å²) in [5.41, 5.74) is 0.00192. The van der Waals surface area contributed by atoms with Gasteiger partial charge in [-0.15, -0.1) is 0 Å². The van der Waals surface area contributed by atoms with Gasteiger partial charge in [0.15, 0.2) is 10.9 Å². The molecule has 6 nitrogen and oxygen atoms in total. The Bertz CT molecular complexity index is 1030. The van der Waals surface area contributed by atoms with Crippen LogP contribution < -0.4 is 11.0 Å². The third-order valence-corrected chi connectivity index (χ3v) is 4.90. The average Bonchev–Trinajstić information content (AvgIpc) is 2.57. The summed E-state index contributed by atoms with van der Waals surface area (Å²) in [4.78, 5) is 28.6. The first-order valence-electron chi connectivity index (χ1n) is 7.13. The molecule has 24 heavy (non-hydrogen) atoms. The predicted molar refractivity (Wildman–Crippen MR) is 95.6 cm³/mol. The van der Waals surface area contributed by atoms with Crippen molar-refractivity contribution in [2.45, 2.75) is 24.4 Å². The molecule has 0 spiro atoms. The van der Waals surface area contributed by atoms with Crippen LogP contribution >= 0.6 is 27.7 Å². The maximum Gasteiger partial charge on any atom is 0.262 e. The lowest BCUT2D eigenvalue weighted by molar-refractivity contribution is 0.419. The zero-order valence-corrected chi connectivity index (χ0v) is 15.1. The molecule has 1 N–H and O–H groups in total. The van der Waals surface area contributed by atoms with E-state index < -0.39 is 11.2 Å². The monoisotopic (exact) mass is 408 g/mol. The van der Waals surface area contributed by atoms with Crippen molar-refractivity contribution in [1.29, 1.82) is 0 Å². The number of rotatable bonds is 4. The Morgan fingerprint density at radius 2 is 2.12 bits per heavy atom. The van der Waals surface area contributed by atoms with E-state index in [4.69, 9.17) is 4.42 Å². The molecule has 0 fully saturated rings. The van der Waals surface area contributed by atoms with Crippen LogP contribution in [0.3, 0.4) is 0 Å². The third-order valence-electron chi connectivity index (χ3n) is 3.41. The second-order valence-corrected chi connectivity index (χ2v) is 6.85. The Morgan fingerprint density at radius 3 is 2.83 bits per heavy atom. The van der Waals surface area contributed by atoms with E-state index in [0.717, 1.165) is 10.7 Å². The van der Waals surface area contributed by atoms with Gasteiger partial charge in [-0.2, -0.15) is 0 Å². The van der Waals surface area contributed by atoms with Crippen LogP contribution in [0, 0.1) is 0 Å².